The lowest BCUT2D eigenvalue weighted by molar-refractivity contribution is -0.122. The fourth-order valence-electron chi connectivity index (χ4n) is 2.23. The minimum absolute atomic E-state index is 0.169. The van der Waals surface area contributed by atoms with E-state index in [0.717, 1.165) is 12.0 Å². The van der Waals surface area contributed by atoms with Gasteiger partial charge >= 0.3 is 0 Å². The molecule has 0 bridgehead atoms. The highest BCUT2D eigenvalue weighted by Crippen LogP contribution is 2.21. The molecule has 1 N–H and O–H groups in total. The SMILES string of the molecule is CCc1ccc(OC(CC)C(=O)Nc2cc(Cl)ccc2C)cc1. The molecule has 0 aromatic heterocycles. The number of benzene rings is 2. The van der Waals surface area contributed by atoms with E-state index < -0.39 is 6.10 Å². The smallest absolute Gasteiger partial charge is 0.265 e. The Hall–Kier alpha value is -2.00. The molecule has 0 heterocycles. The summed E-state index contributed by atoms with van der Waals surface area (Å²) >= 11 is 5.99. The lowest BCUT2D eigenvalue weighted by Crippen LogP contribution is -2.32. The fourth-order valence-corrected chi connectivity index (χ4v) is 2.40. The molecule has 0 saturated heterocycles. The van der Waals surface area contributed by atoms with E-state index in [4.69, 9.17) is 16.3 Å². The van der Waals surface area contributed by atoms with Crippen molar-refractivity contribution in [1.29, 1.82) is 0 Å². The van der Waals surface area contributed by atoms with Gasteiger partial charge in [0.2, 0.25) is 0 Å². The summed E-state index contributed by atoms with van der Waals surface area (Å²) in [4.78, 5) is 12.5. The van der Waals surface area contributed by atoms with E-state index in [-0.39, 0.29) is 5.91 Å². The van der Waals surface area contributed by atoms with Gasteiger partial charge in [0.15, 0.2) is 6.10 Å². The van der Waals surface area contributed by atoms with Gasteiger partial charge in [-0.1, -0.05) is 43.6 Å². The number of anilines is 1. The monoisotopic (exact) mass is 331 g/mol. The average molecular weight is 332 g/mol. The van der Waals surface area contributed by atoms with Gasteiger partial charge in [0.1, 0.15) is 5.75 Å². The summed E-state index contributed by atoms with van der Waals surface area (Å²) in [5.41, 5.74) is 2.92. The molecule has 1 amide bonds. The first-order valence-electron chi connectivity index (χ1n) is 7.86. The number of hydrogen-bond donors (Lipinski definition) is 1. The van der Waals surface area contributed by atoms with Crippen LogP contribution in [0.4, 0.5) is 5.69 Å². The Balaban J connectivity index is 2.07. The Labute approximate surface area is 142 Å². The number of hydrogen-bond acceptors (Lipinski definition) is 2. The van der Waals surface area contributed by atoms with Crippen LogP contribution in [0.25, 0.3) is 0 Å². The van der Waals surface area contributed by atoms with Crippen molar-refractivity contribution in [1.82, 2.24) is 0 Å². The van der Waals surface area contributed by atoms with Crippen LogP contribution >= 0.6 is 11.6 Å². The van der Waals surface area contributed by atoms with Gasteiger partial charge in [-0.25, -0.2) is 0 Å². The molecular formula is C19H22ClNO2. The molecule has 3 nitrogen and oxygen atoms in total. The predicted octanol–water partition coefficient (Wildman–Crippen LogP) is 5.01. The van der Waals surface area contributed by atoms with Crippen molar-refractivity contribution in [3.8, 4) is 5.75 Å². The predicted molar refractivity (Wildman–Crippen MR) is 95.3 cm³/mol. The molecule has 122 valence electrons. The Bertz CT molecular complexity index is 668. The molecule has 2 aromatic carbocycles. The van der Waals surface area contributed by atoms with Crippen molar-refractivity contribution < 1.29 is 9.53 Å². The van der Waals surface area contributed by atoms with Crippen molar-refractivity contribution in [3.63, 3.8) is 0 Å². The molecule has 0 fully saturated rings. The first-order valence-corrected chi connectivity index (χ1v) is 8.23. The van der Waals surface area contributed by atoms with Gasteiger partial charge in [0.25, 0.3) is 5.91 Å². The van der Waals surface area contributed by atoms with Crippen LogP contribution in [0.2, 0.25) is 5.02 Å². The van der Waals surface area contributed by atoms with Crippen molar-refractivity contribution in [3.05, 3.63) is 58.6 Å². The number of ether oxygens (including phenoxy) is 1. The van der Waals surface area contributed by atoms with Crippen LogP contribution < -0.4 is 10.1 Å². The van der Waals surface area contributed by atoms with Crippen LogP contribution in [0.15, 0.2) is 42.5 Å². The van der Waals surface area contributed by atoms with Crippen LogP contribution in [0, 0.1) is 6.92 Å². The summed E-state index contributed by atoms with van der Waals surface area (Å²) in [6.45, 7) is 5.96. The number of nitrogens with one attached hydrogen (secondary N) is 1. The zero-order valence-corrected chi connectivity index (χ0v) is 14.5. The van der Waals surface area contributed by atoms with Gasteiger partial charge in [0.05, 0.1) is 0 Å². The minimum Gasteiger partial charge on any atom is -0.481 e. The zero-order chi connectivity index (χ0) is 16.8. The minimum atomic E-state index is -0.541. The van der Waals surface area contributed by atoms with Crippen LogP contribution in [0.3, 0.4) is 0 Å². The second kappa shape index (κ2) is 8.02. The number of halogens is 1. The molecular weight excluding hydrogens is 310 g/mol. The Morgan fingerprint density at radius 3 is 2.48 bits per heavy atom. The third kappa shape index (κ3) is 4.73. The highest BCUT2D eigenvalue weighted by Gasteiger charge is 2.19. The van der Waals surface area contributed by atoms with Gasteiger partial charge in [-0.15, -0.1) is 0 Å². The highest BCUT2D eigenvalue weighted by molar-refractivity contribution is 6.31. The van der Waals surface area contributed by atoms with E-state index in [9.17, 15) is 4.79 Å². The molecule has 0 aliphatic carbocycles. The molecule has 0 radical (unpaired) electrons. The Kier molecular flexibility index (Phi) is 6.05. The van der Waals surface area contributed by atoms with Crippen LogP contribution in [-0.4, -0.2) is 12.0 Å². The third-order valence-electron chi connectivity index (χ3n) is 3.73. The van der Waals surface area contributed by atoms with Gasteiger partial charge < -0.3 is 10.1 Å². The molecule has 0 aliphatic rings. The molecule has 4 heteroatoms. The van der Waals surface area contributed by atoms with E-state index >= 15 is 0 Å². The fraction of sp³-hybridized carbons (Fsp3) is 0.316. The van der Waals surface area contributed by atoms with E-state index in [2.05, 4.69) is 12.2 Å². The van der Waals surface area contributed by atoms with E-state index in [1.165, 1.54) is 5.56 Å². The maximum atomic E-state index is 12.5. The summed E-state index contributed by atoms with van der Waals surface area (Å²) < 4.78 is 5.82. The van der Waals surface area contributed by atoms with Crippen molar-refractivity contribution in [2.75, 3.05) is 5.32 Å². The maximum absolute atomic E-state index is 12.5. The number of rotatable bonds is 6. The summed E-state index contributed by atoms with van der Waals surface area (Å²) in [7, 11) is 0. The van der Waals surface area contributed by atoms with Gasteiger partial charge in [-0.05, 0) is 55.2 Å². The molecule has 0 saturated carbocycles. The van der Waals surface area contributed by atoms with Crippen molar-refractivity contribution in [2.24, 2.45) is 0 Å². The first kappa shape index (κ1) is 17.4. The quantitative estimate of drug-likeness (QED) is 0.808. The lowest BCUT2D eigenvalue weighted by atomic mass is 10.1. The average Bonchev–Trinajstić information content (AvgIpc) is 2.56. The molecule has 2 aromatic rings. The number of carbonyl (C=O) groups excluding carboxylic acids is 1. The summed E-state index contributed by atoms with van der Waals surface area (Å²) in [6, 6.07) is 13.3. The van der Waals surface area contributed by atoms with Crippen LogP contribution in [0.5, 0.6) is 5.75 Å². The van der Waals surface area contributed by atoms with Crippen molar-refractivity contribution in [2.45, 2.75) is 39.7 Å². The lowest BCUT2D eigenvalue weighted by Gasteiger charge is -2.18. The maximum Gasteiger partial charge on any atom is 0.265 e. The highest BCUT2D eigenvalue weighted by atomic mass is 35.5. The van der Waals surface area contributed by atoms with E-state index in [1.807, 2.05) is 44.2 Å². The number of carbonyl (C=O) groups is 1. The molecule has 0 spiro atoms. The largest absolute Gasteiger partial charge is 0.481 e. The topological polar surface area (TPSA) is 38.3 Å². The van der Waals surface area contributed by atoms with Gasteiger partial charge in [0, 0.05) is 10.7 Å². The third-order valence-corrected chi connectivity index (χ3v) is 3.97. The van der Waals surface area contributed by atoms with E-state index in [0.29, 0.717) is 22.9 Å². The van der Waals surface area contributed by atoms with Crippen LogP contribution in [0.1, 0.15) is 31.4 Å². The second-order valence-corrected chi connectivity index (χ2v) is 5.90. The normalized spacial score (nSPS) is 11.8. The summed E-state index contributed by atoms with van der Waals surface area (Å²) in [5, 5.41) is 3.49. The molecule has 0 aliphatic heterocycles. The molecule has 1 unspecified atom stereocenters. The van der Waals surface area contributed by atoms with E-state index in [1.54, 1.807) is 12.1 Å². The second-order valence-electron chi connectivity index (χ2n) is 5.46. The Morgan fingerprint density at radius 1 is 1.17 bits per heavy atom. The van der Waals surface area contributed by atoms with Gasteiger partial charge in [-0.3, -0.25) is 4.79 Å². The molecule has 1 atom stereocenters. The number of aryl methyl sites for hydroxylation is 2. The number of amides is 1. The Morgan fingerprint density at radius 2 is 1.87 bits per heavy atom. The van der Waals surface area contributed by atoms with Gasteiger partial charge in [-0.2, -0.15) is 0 Å². The standard InChI is InChI=1S/C19H22ClNO2/c1-4-14-7-10-16(11-8-14)23-18(5-2)19(22)21-17-12-15(20)9-6-13(17)3/h6-12,18H,4-5H2,1-3H3,(H,21,22). The zero-order valence-electron chi connectivity index (χ0n) is 13.7. The summed E-state index contributed by atoms with van der Waals surface area (Å²) in [5.74, 6) is 0.532. The summed E-state index contributed by atoms with van der Waals surface area (Å²) in [6.07, 6.45) is 1.02. The first-order chi connectivity index (χ1) is 11.0. The van der Waals surface area contributed by atoms with Crippen molar-refractivity contribution >= 4 is 23.2 Å². The van der Waals surface area contributed by atoms with Crippen LogP contribution in [-0.2, 0) is 11.2 Å². The molecule has 2 rings (SSSR count). The molecule has 23 heavy (non-hydrogen) atoms.